The molecule has 1 atom stereocenters. The molecule has 21 heavy (non-hydrogen) atoms. The van der Waals surface area contributed by atoms with Crippen LogP contribution >= 0.6 is 12.4 Å². The molecule has 0 unspecified atom stereocenters. The normalized spacial score (nSPS) is 18.6. The van der Waals surface area contributed by atoms with Gasteiger partial charge in [0.2, 0.25) is 15.0 Å². The molecule has 1 aromatic heterocycles. The zero-order valence-corrected chi connectivity index (χ0v) is 12.4. The second kappa shape index (κ2) is 5.58. The fourth-order valence-corrected chi connectivity index (χ4v) is 3.83. The van der Waals surface area contributed by atoms with Crippen molar-refractivity contribution in [2.24, 2.45) is 0 Å². The van der Waals surface area contributed by atoms with E-state index in [1.54, 1.807) is 0 Å². The van der Waals surface area contributed by atoms with Gasteiger partial charge in [-0.3, -0.25) is 10.1 Å². The molecular weight excluding hydrogens is 320 g/mol. The molecule has 2 heterocycles. The fourth-order valence-electron chi connectivity index (χ4n) is 2.27. The molecule has 1 aliphatic rings. The summed E-state index contributed by atoms with van der Waals surface area (Å²) >= 11 is 0. The summed E-state index contributed by atoms with van der Waals surface area (Å²) in [5, 5.41) is 13.1. The maximum atomic E-state index is 12.4. The molecule has 1 aromatic carbocycles. The van der Waals surface area contributed by atoms with Crippen molar-refractivity contribution in [3.8, 4) is 0 Å². The highest BCUT2D eigenvalue weighted by Crippen LogP contribution is 2.23. The molecule has 0 saturated carbocycles. The van der Waals surface area contributed by atoms with Crippen LogP contribution < -0.4 is 5.32 Å². The lowest BCUT2D eigenvalue weighted by Crippen LogP contribution is -2.24. The van der Waals surface area contributed by atoms with Gasteiger partial charge < -0.3 is 10.3 Å². The molecule has 8 nitrogen and oxygen atoms in total. The van der Waals surface area contributed by atoms with Gasteiger partial charge in [-0.15, -0.1) is 12.4 Å². The number of nitrogens with zero attached hydrogens (tertiary/aromatic N) is 2. The number of non-ortho nitro benzene ring substituents is 1. The van der Waals surface area contributed by atoms with Crippen LogP contribution in [0.1, 0.15) is 6.42 Å². The molecular formula is C11H13ClN4O4S. The molecule has 0 bridgehead atoms. The summed E-state index contributed by atoms with van der Waals surface area (Å²) in [6, 6.07) is 4.03. The van der Waals surface area contributed by atoms with Crippen molar-refractivity contribution in [3.05, 3.63) is 28.3 Å². The largest absolute Gasteiger partial charge is 0.329 e. The Morgan fingerprint density at radius 2 is 2.14 bits per heavy atom. The minimum atomic E-state index is -3.53. The highest BCUT2D eigenvalue weighted by Gasteiger charge is 2.32. The monoisotopic (exact) mass is 332 g/mol. The van der Waals surface area contributed by atoms with Crippen LogP contribution in [-0.2, 0) is 9.84 Å². The first kappa shape index (κ1) is 15.7. The van der Waals surface area contributed by atoms with Crippen molar-refractivity contribution in [2.75, 3.05) is 13.1 Å². The molecule has 0 aliphatic carbocycles. The number of H-pyrrole nitrogens is 1. The molecule has 0 radical (unpaired) electrons. The number of imidazole rings is 1. The third kappa shape index (κ3) is 2.71. The molecule has 2 N–H and O–H groups in total. The van der Waals surface area contributed by atoms with E-state index in [2.05, 4.69) is 15.3 Å². The van der Waals surface area contributed by atoms with Gasteiger partial charge in [-0.1, -0.05) is 0 Å². The number of hydrogen-bond acceptors (Lipinski definition) is 6. The van der Waals surface area contributed by atoms with Crippen LogP contribution in [0.3, 0.4) is 0 Å². The average molecular weight is 333 g/mol. The SMILES string of the molecule is Cl.O=[N+]([O-])c1ccc2nc(S(=O)(=O)[C@H]3CCNC3)[nH]c2c1. The number of nitro benzene ring substituents is 1. The van der Waals surface area contributed by atoms with Crippen molar-refractivity contribution in [1.82, 2.24) is 15.3 Å². The van der Waals surface area contributed by atoms with Gasteiger partial charge in [0.25, 0.3) is 5.69 Å². The summed E-state index contributed by atoms with van der Waals surface area (Å²) in [4.78, 5) is 16.9. The number of nitro groups is 1. The van der Waals surface area contributed by atoms with Crippen molar-refractivity contribution in [1.29, 1.82) is 0 Å². The van der Waals surface area contributed by atoms with Crippen LogP contribution in [-0.4, -0.2) is 41.6 Å². The number of rotatable bonds is 3. The first-order valence-electron chi connectivity index (χ1n) is 6.07. The fraction of sp³-hybridized carbons (Fsp3) is 0.364. The van der Waals surface area contributed by atoms with Crippen molar-refractivity contribution in [3.63, 3.8) is 0 Å². The lowest BCUT2D eigenvalue weighted by atomic mass is 10.3. The van der Waals surface area contributed by atoms with Gasteiger partial charge in [0.1, 0.15) is 0 Å². The second-order valence-electron chi connectivity index (χ2n) is 4.66. The summed E-state index contributed by atoms with van der Waals surface area (Å²) in [5.74, 6) is 0. The molecule has 1 fully saturated rings. The summed E-state index contributed by atoms with van der Waals surface area (Å²) in [6.45, 7) is 1.06. The van der Waals surface area contributed by atoms with E-state index in [1.807, 2.05) is 0 Å². The zero-order valence-electron chi connectivity index (χ0n) is 10.8. The summed E-state index contributed by atoms with van der Waals surface area (Å²) < 4.78 is 24.7. The molecule has 10 heteroatoms. The van der Waals surface area contributed by atoms with E-state index in [0.29, 0.717) is 30.5 Å². The Hall–Kier alpha value is -1.71. The summed E-state index contributed by atoms with van der Waals surface area (Å²) in [7, 11) is -3.53. The number of aromatic nitrogens is 2. The van der Waals surface area contributed by atoms with E-state index in [0.717, 1.165) is 0 Å². The topological polar surface area (TPSA) is 118 Å². The van der Waals surface area contributed by atoms with Crippen molar-refractivity contribution < 1.29 is 13.3 Å². The number of halogens is 1. The van der Waals surface area contributed by atoms with Gasteiger partial charge in [0.15, 0.2) is 0 Å². The standard InChI is InChI=1S/C11H12N4O4S.ClH/c16-15(17)7-1-2-9-10(5-7)14-11(13-9)20(18,19)8-3-4-12-6-8;/h1-2,5,8,12H,3-4,6H2,(H,13,14);1H/t8-;/m0./s1. The third-order valence-electron chi connectivity index (χ3n) is 3.38. The van der Waals surface area contributed by atoms with Crippen LogP contribution in [0.4, 0.5) is 5.69 Å². The number of nitrogens with one attached hydrogen (secondary N) is 2. The van der Waals surface area contributed by atoms with Crippen molar-refractivity contribution >= 4 is 39.0 Å². The van der Waals surface area contributed by atoms with Gasteiger partial charge in [-0.2, -0.15) is 0 Å². The molecule has 0 amide bonds. The molecule has 3 rings (SSSR count). The number of aromatic amines is 1. The Labute approximate surface area is 126 Å². The van der Waals surface area contributed by atoms with Gasteiger partial charge in [-0.05, 0) is 19.0 Å². The van der Waals surface area contributed by atoms with Crippen LogP contribution in [0, 0.1) is 10.1 Å². The van der Waals surface area contributed by atoms with Crippen molar-refractivity contribution in [2.45, 2.75) is 16.8 Å². The molecule has 2 aromatic rings. The summed E-state index contributed by atoms with van der Waals surface area (Å²) in [6.07, 6.45) is 0.541. The maximum Gasteiger partial charge on any atom is 0.271 e. The highest BCUT2D eigenvalue weighted by molar-refractivity contribution is 7.91. The van der Waals surface area contributed by atoms with Gasteiger partial charge in [0, 0.05) is 18.7 Å². The lowest BCUT2D eigenvalue weighted by Gasteiger charge is -2.06. The maximum absolute atomic E-state index is 12.4. The summed E-state index contributed by atoms with van der Waals surface area (Å²) in [5.41, 5.74) is 0.650. The average Bonchev–Trinajstić information content (AvgIpc) is 3.07. The highest BCUT2D eigenvalue weighted by atomic mass is 35.5. The Morgan fingerprint density at radius 3 is 2.76 bits per heavy atom. The second-order valence-corrected chi connectivity index (χ2v) is 6.80. The Bertz CT molecular complexity index is 783. The minimum Gasteiger partial charge on any atom is -0.329 e. The van der Waals surface area contributed by atoms with E-state index >= 15 is 0 Å². The van der Waals surface area contributed by atoms with Crippen LogP contribution in [0.25, 0.3) is 11.0 Å². The zero-order chi connectivity index (χ0) is 14.3. The van der Waals surface area contributed by atoms with Crippen LogP contribution in [0.2, 0.25) is 0 Å². The first-order chi connectivity index (χ1) is 9.48. The Balaban J connectivity index is 0.00000161. The number of fused-ring (bicyclic) bond motifs is 1. The Kier molecular flexibility index (Phi) is 4.17. The van der Waals surface area contributed by atoms with Gasteiger partial charge in [0.05, 0.1) is 21.2 Å². The van der Waals surface area contributed by atoms with E-state index in [9.17, 15) is 18.5 Å². The number of hydrogen-bond donors (Lipinski definition) is 2. The van der Waals surface area contributed by atoms with E-state index in [4.69, 9.17) is 0 Å². The molecule has 1 aliphatic heterocycles. The predicted molar refractivity (Wildman–Crippen MR) is 78.5 cm³/mol. The first-order valence-corrected chi connectivity index (χ1v) is 7.62. The minimum absolute atomic E-state index is 0. The molecule has 1 saturated heterocycles. The van der Waals surface area contributed by atoms with E-state index in [-0.39, 0.29) is 23.3 Å². The predicted octanol–water partition coefficient (Wildman–Crippen LogP) is 1.03. The molecule has 0 spiro atoms. The molecule has 114 valence electrons. The lowest BCUT2D eigenvalue weighted by molar-refractivity contribution is -0.384. The third-order valence-corrected chi connectivity index (χ3v) is 5.39. The van der Waals surface area contributed by atoms with Gasteiger partial charge in [-0.25, -0.2) is 13.4 Å². The quantitative estimate of drug-likeness (QED) is 0.640. The van der Waals surface area contributed by atoms with Crippen LogP contribution in [0.5, 0.6) is 0 Å². The van der Waals surface area contributed by atoms with E-state index < -0.39 is 20.0 Å². The van der Waals surface area contributed by atoms with Gasteiger partial charge >= 0.3 is 0 Å². The number of benzene rings is 1. The smallest absolute Gasteiger partial charge is 0.271 e. The Morgan fingerprint density at radius 1 is 1.38 bits per heavy atom. The number of sulfone groups is 1. The van der Waals surface area contributed by atoms with Crippen LogP contribution in [0.15, 0.2) is 23.4 Å². The van der Waals surface area contributed by atoms with E-state index in [1.165, 1.54) is 18.2 Å².